The van der Waals surface area contributed by atoms with Gasteiger partial charge in [-0.25, -0.2) is 0 Å². The first-order valence-corrected chi connectivity index (χ1v) is 10.1. The van der Waals surface area contributed by atoms with Gasteiger partial charge in [-0.1, -0.05) is 47.3 Å². The molecule has 1 saturated heterocycles. The molecular formula is C20H29BrN2O. The number of carbonyl (C=O) groups excluding carboxylic acids is 1. The van der Waals surface area contributed by atoms with Gasteiger partial charge in [0.2, 0.25) is 5.91 Å². The Labute approximate surface area is 154 Å². The molecule has 1 saturated carbocycles. The molecule has 132 valence electrons. The van der Waals surface area contributed by atoms with Crippen LogP contribution in [0.5, 0.6) is 0 Å². The third kappa shape index (κ3) is 3.70. The largest absolute Gasteiger partial charge is 0.342 e. The van der Waals surface area contributed by atoms with E-state index >= 15 is 0 Å². The molecule has 4 heteroatoms. The lowest BCUT2D eigenvalue weighted by Gasteiger charge is -2.43. The van der Waals surface area contributed by atoms with E-state index in [0.717, 1.165) is 56.2 Å². The lowest BCUT2D eigenvalue weighted by Crippen LogP contribution is -2.52. The van der Waals surface area contributed by atoms with Crippen molar-refractivity contribution in [1.29, 1.82) is 0 Å². The van der Waals surface area contributed by atoms with E-state index < -0.39 is 0 Å². The molecule has 2 fully saturated rings. The average molecular weight is 393 g/mol. The van der Waals surface area contributed by atoms with Crippen molar-refractivity contribution in [2.75, 3.05) is 26.7 Å². The van der Waals surface area contributed by atoms with Crippen molar-refractivity contribution in [3.63, 3.8) is 0 Å². The lowest BCUT2D eigenvalue weighted by atomic mass is 9.68. The minimum Gasteiger partial charge on any atom is -0.342 e. The molecule has 1 atom stereocenters. The van der Waals surface area contributed by atoms with Gasteiger partial charge in [-0.2, -0.15) is 0 Å². The molecule has 24 heavy (non-hydrogen) atoms. The molecule has 1 heterocycles. The summed E-state index contributed by atoms with van der Waals surface area (Å²) >= 11 is 3.60. The van der Waals surface area contributed by atoms with E-state index in [4.69, 9.17) is 0 Å². The van der Waals surface area contributed by atoms with Gasteiger partial charge in [-0.3, -0.25) is 4.79 Å². The Morgan fingerprint density at radius 1 is 1.29 bits per heavy atom. The second-order valence-electron chi connectivity index (χ2n) is 7.47. The van der Waals surface area contributed by atoms with Gasteiger partial charge in [0.05, 0.1) is 5.41 Å². The van der Waals surface area contributed by atoms with Gasteiger partial charge >= 0.3 is 0 Å². The summed E-state index contributed by atoms with van der Waals surface area (Å²) in [5, 5.41) is 3.28. The Balaban J connectivity index is 1.87. The maximum atomic E-state index is 13.6. The van der Waals surface area contributed by atoms with Gasteiger partial charge in [0.15, 0.2) is 0 Å². The number of halogens is 1. The molecule has 0 spiro atoms. The number of amides is 1. The number of likely N-dealkylation sites (tertiary alicyclic amines) is 1. The van der Waals surface area contributed by atoms with Crippen LogP contribution in [0.25, 0.3) is 0 Å². The van der Waals surface area contributed by atoms with Crippen molar-refractivity contribution in [2.24, 2.45) is 5.92 Å². The zero-order valence-corrected chi connectivity index (χ0v) is 16.3. The normalized spacial score (nSPS) is 23.9. The van der Waals surface area contributed by atoms with Crippen LogP contribution in [0.1, 0.15) is 50.5 Å². The van der Waals surface area contributed by atoms with Crippen LogP contribution in [-0.4, -0.2) is 37.5 Å². The lowest BCUT2D eigenvalue weighted by molar-refractivity contribution is -0.140. The molecule has 0 radical (unpaired) electrons. The Morgan fingerprint density at radius 2 is 2.08 bits per heavy atom. The number of carbonyl (C=O) groups is 1. The van der Waals surface area contributed by atoms with Crippen molar-refractivity contribution in [3.8, 4) is 0 Å². The molecule has 3 rings (SSSR count). The molecule has 1 unspecified atom stereocenters. The standard InChI is InChI=1S/C20H29BrN2O/c1-22-14-16-7-6-12-23(15-16)19(24)20(10-3-2-4-11-20)17-8-5-9-18(21)13-17/h5,8-9,13,16,22H,2-4,6-7,10-12,14-15H2,1H3. The first kappa shape index (κ1) is 17.9. The molecule has 0 bridgehead atoms. The molecule has 1 aliphatic heterocycles. The molecule has 2 aliphatic rings. The summed E-state index contributed by atoms with van der Waals surface area (Å²) in [6.07, 6.45) is 7.93. The third-order valence-corrected chi connectivity index (χ3v) is 6.29. The minimum atomic E-state index is -0.302. The van der Waals surface area contributed by atoms with E-state index in [1.807, 2.05) is 13.1 Å². The number of benzene rings is 1. The van der Waals surface area contributed by atoms with Crippen LogP contribution in [-0.2, 0) is 10.2 Å². The fourth-order valence-electron chi connectivity index (χ4n) is 4.57. The number of rotatable bonds is 4. The van der Waals surface area contributed by atoms with Gasteiger partial charge in [0, 0.05) is 17.6 Å². The van der Waals surface area contributed by atoms with Crippen LogP contribution in [0.2, 0.25) is 0 Å². The summed E-state index contributed by atoms with van der Waals surface area (Å²) in [6.45, 7) is 2.85. The Kier molecular flexibility index (Phi) is 5.98. The van der Waals surface area contributed by atoms with Crippen LogP contribution >= 0.6 is 15.9 Å². The Morgan fingerprint density at radius 3 is 2.79 bits per heavy atom. The Hall–Kier alpha value is -0.870. The van der Waals surface area contributed by atoms with Gasteiger partial charge in [-0.05, 0) is 62.9 Å². The summed E-state index contributed by atoms with van der Waals surface area (Å²) in [7, 11) is 2.00. The second kappa shape index (κ2) is 8.01. The summed E-state index contributed by atoms with van der Waals surface area (Å²) < 4.78 is 1.07. The van der Waals surface area contributed by atoms with Crippen molar-refractivity contribution < 1.29 is 4.79 Å². The summed E-state index contributed by atoms with van der Waals surface area (Å²) in [5.74, 6) is 0.969. The number of nitrogens with one attached hydrogen (secondary N) is 1. The number of hydrogen-bond donors (Lipinski definition) is 1. The molecule has 1 aliphatic carbocycles. The van der Waals surface area contributed by atoms with Gasteiger partial charge < -0.3 is 10.2 Å². The SMILES string of the molecule is CNCC1CCCN(C(=O)C2(c3cccc(Br)c3)CCCCC2)C1. The van der Waals surface area contributed by atoms with Gasteiger partial charge in [0.25, 0.3) is 0 Å². The minimum absolute atomic E-state index is 0.302. The highest BCUT2D eigenvalue weighted by Crippen LogP contribution is 2.42. The third-order valence-electron chi connectivity index (χ3n) is 5.79. The molecular weight excluding hydrogens is 364 g/mol. The summed E-state index contributed by atoms with van der Waals surface area (Å²) in [6, 6.07) is 8.44. The van der Waals surface area contributed by atoms with Crippen molar-refractivity contribution in [2.45, 2.75) is 50.4 Å². The topological polar surface area (TPSA) is 32.3 Å². The number of hydrogen-bond acceptors (Lipinski definition) is 2. The highest BCUT2D eigenvalue weighted by molar-refractivity contribution is 9.10. The van der Waals surface area contributed by atoms with Crippen LogP contribution in [0.3, 0.4) is 0 Å². The molecule has 1 N–H and O–H groups in total. The van der Waals surface area contributed by atoms with Crippen molar-refractivity contribution in [1.82, 2.24) is 10.2 Å². The average Bonchev–Trinajstić information content (AvgIpc) is 2.62. The molecule has 1 aromatic carbocycles. The van der Waals surface area contributed by atoms with Crippen LogP contribution in [0.15, 0.2) is 28.7 Å². The monoisotopic (exact) mass is 392 g/mol. The maximum absolute atomic E-state index is 13.6. The molecule has 1 amide bonds. The zero-order valence-electron chi connectivity index (χ0n) is 14.7. The molecule has 3 nitrogen and oxygen atoms in total. The fourth-order valence-corrected chi connectivity index (χ4v) is 4.97. The fraction of sp³-hybridized carbons (Fsp3) is 0.650. The van der Waals surface area contributed by atoms with Crippen LogP contribution < -0.4 is 5.32 Å². The number of piperidine rings is 1. The maximum Gasteiger partial charge on any atom is 0.233 e. The van der Waals surface area contributed by atoms with E-state index in [-0.39, 0.29) is 5.41 Å². The quantitative estimate of drug-likeness (QED) is 0.835. The van der Waals surface area contributed by atoms with E-state index in [9.17, 15) is 4.79 Å². The second-order valence-corrected chi connectivity index (χ2v) is 8.39. The van der Waals surface area contributed by atoms with E-state index in [1.54, 1.807) is 0 Å². The smallest absolute Gasteiger partial charge is 0.233 e. The summed E-state index contributed by atoms with van der Waals surface area (Å²) in [5.41, 5.74) is 0.904. The highest BCUT2D eigenvalue weighted by Gasteiger charge is 2.44. The number of nitrogens with zero attached hydrogens (tertiary/aromatic N) is 1. The predicted octanol–water partition coefficient (Wildman–Crippen LogP) is 4.11. The van der Waals surface area contributed by atoms with E-state index in [1.165, 1.54) is 18.4 Å². The molecule has 1 aromatic rings. The van der Waals surface area contributed by atoms with E-state index in [0.29, 0.717) is 11.8 Å². The van der Waals surface area contributed by atoms with Gasteiger partial charge in [-0.15, -0.1) is 0 Å². The van der Waals surface area contributed by atoms with Crippen molar-refractivity contribution in [3.05, 3.63) is 34.3 Å². The van der Waals surface area contributed by atoms with Gasteiger partial charge in [0.1, 0.15) is 0 Å². The molecule has 0 aromatic heterocycles. The van der Waals surface area contributed by atoms with Crippen LogP contribution in [0, 0.1) is 5.92 Å². The predicted molar refractivity (Wildman–Crippen MR) is 102 cm³/mol. The zero-order chi connectivity index (χ0) is 17.0. The van der Waals surface area contributed by atoms with Crippen molar-refractivity contribution >= 4 is 21.8 Å². The Bertz CT molecular complexity index is 567. The van der Waals surface area contributed by atoms with E-state index in [2.05, 4.69) is 44.3 Å². The first-order valence-electron chi connectivity index (χ1n) is 9.36. The summed E-state index contributed by atoms with van der Waals surface area (Å²) in [4.78, 5) is 15.8. The first-order chi connectivity index (χ1) is 11.7. The highest BCUT2D eigenvalue weighted by atomic mass is 79.9. The van der Waals surface area contributed by atoms with Crippen LogP contribution in [0.4, 0.5) is 0 Å².